The van der Waals surface area contributed by atoms with Gasteiger partial charge in [-0.1, -0.05) is 36.4 Å². The van der Waals surface area contributed by atoms with Gasteiger partial charge in [-0.25, -0.2) is 9.59 Å². The Labute approximate surface area is 206 Å². The molecule has 0 amide bonds. The average molecular weight is 480 g/mol. The quantitative estimate of drug-likeness (QED) is 0.479. The Morgan fingerprint density at radius 2 is 1.37 bits per heavy atom. The number of esters is 2. The van der Waals surface area contributed by atoms with Gasteiger partial charge < -0.3 is 24.3 Å². The van der Waals surface area contributed by atoms with Crippen molar-refractivity contribution in [1.29, 1.82) is 0 Å². The molecule has 0 spiro atoms. The highest BCUT2D eigenvalue weighted by atomic mass is 16.5. The Hall–Kier alpha value is -3.74. The molecule has 7 nitrogen and oxygen atoms in total. The van der Waals surface area contributed by atoms with Crippen molar-refractivity contribution >= 4 is 11.9 Å². The van der Waals surface area contributed by atoms with E-state index in [4.69, 9.17) is 18.9 Å². The summed E-state index contributed by atoms with van der Waals surface area (Å²) in [4.78, 5) is 26.0. The highest BCUT2D eigenvalue weighted by Crippen LogP contribution is 2.42. The van der Waals surface area contributed by atoms with E-state index in [1.54, 1.807) is 27.7 Å². The molecule has 2 aromatic carbocycles. The van der Waals surface area contributed by atoms with Crippen molar-refractivity contribution in [3.8, 4) is 11.5 Å². The van der Waals surface area contributed by atoms with Gasteiger partial charge in [0.05, 0.1) is 36.9 Å². The van der Waals surface area contributed by atoms with Crippen LogP contribution in [0.3, 0.4) is 0 Å². The minimum atomic E-state index is -0.684. The topological polar surface area (TPSA) is 83.1 Å². The van der Waals surface area contributed by atoms with Crippen LogP contribution in [0.2, 0.25) is 0 Å². The second-order valence-electron chi connectivity index (χ2n) is 7.99. The molecule has 0 bridgehead atoms. The number of ether oxygens (including phenoxy) is 4. The summed E-state index contributed by atoms with van der Waals surface area (Å²) in [5.74, 6) is -0.554. The average Bonchev–Trinajstić information content (AvgIpc) is 2.83. The summed E-state index contributed by atoms with van der Waals surface area (Å²) < 4.78 is 22.6. The molecule has 0 atom stereocenters. The summed E-state index contributed by atoms with van der Waals surface area (Å²) >= 11 is 0. The lowest BCUT2D eigenvalue weighted by atomic mass is 9.80. The SMILES string of the molecule is CCOC(=O)C1=C(C)NC(C)=C(C(=O)OCC)C1c1ccc(OCc2ccccc2)c(OCC)c1. The molecule has 0 aromatic heterocycles. The standard InChI is InChI=1S/C28H33NO6/c1-6-32-23-16-21(14-15-22(23)35-17-20-12-10-9-11-13-20)26-24(27(30)33-7-2)18(4)29-19(5)25(26)28(31)34-8-3/h9-16,26,29H,6-8,17H2,1-5H3. The lowest BCUT2D eigenvalue weighted by Crippen LogP contribution is -2.32. The number of hydrogen-bond donors (Lipinski definition) is 1. The molecule has 7 heteroatoms. The van der Waals surface area contributed by atoms with E-state index in [2.05, 4.69) is 5.32 Å². The van der Waals surface area contributed by atoms with Crippen molar-refractivity contribution in [3.63, 3.8) is 0 Å². The monoisotopic (exact) mass is 479 g/mol. The minimum Gasteiger partial charge on any atom is -0.490 e. The number of rotatable bonds is 10. The van der Waals surface area contributed by atoms with Gasteiger partial charge in [0.15, 0.2) is 11.5 Å². The van der Waals surface area contributed by atoms with E-state index in [0.717, 1.165) is 5.56 Å². The first-order chi connectivity index (χ1) is 16.9. The van der Waals surface area contributed by atoms with Gasteiger partial charge in [-0.2, -0.15) is 0 Å². The van der Waals surface area contributed by atoms with Crippen molar-refractivity contribution in [1.82, 2.24) is 5.32 Å². The van der Waals surface area contributed by atoms with Gasteiger partial charge in [0.25, 0.3) is 0 Å². The molecule has 0 unspecified atom stereocenters. The second kappa shape index (κ2) is 12.1. The van der Waals surface area contributed by atoms with E-state index in [-0.39, 0.29) is 13.2 Å². The zero-order chi connectivity index (χ0) is 25.4. The van der Waals surface area contributed by atoms with Crippen molar-refractivity contribution in [2.45, 2.75) is 47.1 Å². The van der Waals surface area contributed by atoms with Crippen molar-refractivity contribution in [2.24, 2.45) is 0 Å². The van der Waals surface area contributed by atoms with Crippen molar-refractivity contribution in [2.75, 3.05) is 19.8 Å². The van der Waals surface area contributed by atoms with Gasteiger partial charge in [0.2, 0.25) is 0 Å². The molecule has 1 N–H and O–H groups in total. The first-order valence-electron chi connectivity index (χ1n) is 11.9. The number of hydrogen-bond acceptors (Lipinski definition) is 7. The van der Waals surface area contributed by atoms with Gasteiger partial charge in [-0.15, -0.1) is 0 Å². The fourth-order valence-electron chi connectivity index (χ4n) is 4.11. The number of carbonyl (C=O) groups is 2. The number of allylic oxidation sites excluding steroid dienone is 2. The molecule has 35 heavy (non-hydrogen) atoms. The van der Waals surface area contributed by atoms with Gasteiger partial charge in [0, 0.05) is 11.4 Å². The number of dihydropyridines is 1. The smallest absolute Gasteiger partial charge is 0.336 e. The van der Waals surface area contributed by atoms with Crippen molar-refractivity contribution in [3.05, 3.63) is 82.2 Å². The minimum absolute atomic E-state index is 0.218. The highest BCUT2D eigenvalue weighted by molar-refractivity contribution is 6.00. The second-order valence-corrected chi connectivity index (χ2v) is 7.99. The summed E-state index contributed by atoms with van der Waals surface area (Å²) in [6.07, 6.45) is 0. The van der Waals surface area contributed by atoms with Crippen LogP contribution < -0.4 is 14.8 Å². The Balaban J connectivity index is 2.06. The van der Waals surface area contributed by atoms with Gasteiger partial charge in [-0.3, -0.25) is 0 Å². The molecule has 0 aliphatic carbocycles. The largest absolute Gasteiger partial charge is 0.490 e. The Morgan fingerprint density at radius 3 is 1.91 bits per heavy atom. The van der Waals surface area contributed by atoms with Gasteiger partial charge in [0.1, 0.15) is 6.61 Å². The van der Waals surface area contributed by atoms with Crippen LogP contribution in [0.1, 0.15) is 51.7 Å². The third kappa shape index (κ3) is 6.04. The van der Waals surface area contributed by atoms with Crippen molar-refractivity contribution < 1.29 is 28.5 Å². The summed E-state index contributed by atoms with van der Waals surface area (Å²) in [5, 5.41) is 3.15. The third-order valence-corrected chi connectivity index (χ3v) is 5.59. The molecule has 0 saturated heterocycles. The molecule has 0 radical (unpaired) electrons. The van der Waals surface area contributed by atoms with Crippen LogP contribution in [0.25, 0.3) is 0 Å². The third-order valence-electron chi connectivity index (χ3n) is 5.59. The van der Waals surface area contributed by atoms with Crippen LogP contribution >= 0.6 is 0 Å². The maximum atomic E-state index is 13.0. The summed E-state index contributed by atoms with van der Waals surface area (Å²) in [6.45, 7) is 10.2. The fraction of sp³-hybridized carbons (Fsp3) is 0.357. The zero-order valence-corrected chi connectivity index (χ0v) is 21.0. The molecule has 1 heterocycles. The zero-order valence-electron chi connectivity index (χ0n) is 21.0. The Kier molecular flexibility index (Phi) is 8.95. The molecule has 1 aliphatic heterocycles. The van der Waals surface area contributed by atoms with E-state index < -0.39 is 17.9 Å². The van der Waals surface area contributed by atoms with Crippen LogP contribution in [0.15, 0.2) is 71.1 Å². The molecular formula is C28H33NO6. The van der Waals surface area contributed by atoms with E-state index in [1.165, 1.54) is 0 Å². The maximum Gasteiger partial charge on any atom is 0.336 e. The summed E-state index contributed by atoms with van der Waals surface area (Å²) in [5.41, 5.74) is 3.71. The normalized spacial score (nSPS) is 13.9. The molecular weight excluding hydrogens is 446 g/mol. The molecule has 0 saturated carbocycles. The van der Waals surface area contributed by atoms with E-state index in [1.807, 2.05) is 55.5 Å². The molecule has 0 fully saturated rings. The predicted molar refractivity (Wildman–Crippen MR) is 133 cm³/mol. The lowest BCUT2D eigenvalue weighted by Gasteiger charge is -2.30. The number of carbonyl (C=O) groups excluding carboxylic acids is 2. The summed E-state index contributed by atoms with van der Waals surface area (Å²) in [6, 6.07) is 15.3. The highest BCUT2D eigenvalue weighted by Gasteiger charge is 2.38. The molecule has 1 aliphatic rings. The predicted octanol–water partition coefficient (Wildman–Crippen LogP) is 5.03. The van der Waals surface area contributed by atoms with E-state index in [0.29, 0.717) is 52.8 Å². The van der Waals surface area contributed by atoms with E-state index >= 15 is 0 Å². The van der Waals surface area contributed by atoms with Crippen LogP contribution in [-0.4, -0.2) is 31.8 Å². The van der Waals surface area contributed by atoms with Crippen LogP contribution in [-0.2, 0) is 25.7 Å². The van der Waals surface area contributed by atoms with Gasteiger partial charge in [-0.05, 0) is 57.9 Å². The maximum absolute atomic E-state index is 13.0. The first kappa shape index (κ1) is 25.9. The first-order valence-corrected chi connectivity index (χ1v) is 11.9. The van der Waals surface area contributed by atoms with Crippen LogP contribution in [0.5, 0.6) is 11.5 Å². The molecule has 3 rings (SSSR count). The fourth-order valence-corrected chi connectivity index (χ4v) is 4.11. The molecule has 2 aromatic rings. The molecule has 186 valence electrons. The van der Waals surface area contributed by atoms with E-state index in [9.17, 15) is 9.59 Å². The van der Waals surface area contributed by atoms with Crippen LogP contribution in [0.4, 0.5) is 0 Å². The Morgan fingerprint density at radius 1 is 0.771 bits per heavy atom. The Bertz CT molecular complexity index is 1080. The number of benzene rings is 2. The lowest BCUT2D eigenvalue weighted by molar-refractivity contribution is -0.139. The summed E-state index contributed by atoms with van der Waals surface area (Å²) in [7, 11) is 0. The number of nitrogens with one attached hydrogen (secondary N) is 1. The van der Waals surface area contributed by atoms with Crippen LogP contribution in [0, 0.1) is 0 Å². The van der Waals surface area contributed by atoms with Gasteiger partial charge >= 0.3 is 11.9 Å².